The maximum Gasteiger partial charge on any atom is 0.260 e. The highest BCUT2D eigenvalue weighted by atomic mass is 16.5. The Morgan fingerprint density at radius 1 is 1.24 bits per heavy atom. The molecule has 0 radical (unpaired) electrons. The lowest BCUT2D eigenvalue weighted by Gasteiger charge is -2.07. The van der Waals surface area contributed by atoms with Gasteiger partial charge in [0.25, 0.3) is 5.91 Å². The number of fused-ring (bicyclic) bond motifs is 1. The molecule has 0 saturated carbocycles. The lowest BCUT2D eigenvalue weighted by molar-refractivity contribution is 0.102. The minimum atomic E-state index is -0.307. The Labute approximate surface area is 121 Å². The Morgan fingerprint density at radius 2 is 1.95 bits per heavy atom. The first-order valence-electron chi connectivity index (χ1n) is 6.45. The summed E-state index contributed by atoms with van der Waals surface area (Å²) in [7, 11) is 0. The van der Waals surface area contributed by atoms with Gasteiger partial charge in [0.2, 0.25) is 5.88 Å². The Bertz CT molecular complexity index is 839. The van der Waals surface area contributed by atoms with E-state index >= 15 is 0 Å². The molecule has 1 amide bonds. The second-order valence-electron chi connectivity index (χ2n) is 4.78. The number of nitrogens with zero attached hydrogens (tertiary/aromatic N) is 2. The van der Waals surface area contributed by atoms with Gasteiger partial charge in [0.1, 0.15) is 5.82 Å². The molecule has 0 aliphatic heterocycles. The summed E-state index contributed by atoms with van der Waals surface area (Å²) in [6.07, 6.45) is 1.46. The number of benzene rings is 1. The Morgan fingerprint density at radius 3 is 2.62 bits per heavy atom. The van der Waals surface area contributed by atoms with Gasteiger partial charge in [0, 0.05) is 17.1 Å². The van der Waals surface area contributed by atoms with Crippen LogP contribution in [0.25, 0.3) is 10.8 Å². The number of aryl methyl sites for hydroxylation is 1. The summed E-state index contributed by atoms with van der Waals surface area (Å²) in [6, 6.07) is 7.37. The van der Waals surface area contributed by atoms with Gasteiger partial charge in [-0.2, -0.15) is 0 Å². The van der Waals surface area contributed by atoms with Crippen LogP contribution < -0.4 is 11.1 Å². The molecule has 0 spiro atoms. The molecule has 0 unspecified atom stereocenters. The van der Waals surface area contributed by atoms with Crippen molar-refractivity contribution in [3.8, 4) is 0 Å². The molecule has 2 heterocycles. The number of amides is 1. The number of carbonyl (C=O) groups excluding carboxylic acids is 1. The highest BCUT2D eigenvalue weighted by Gasteiger charge is 2.16. The molecule has 0 saturated heterocycles. The van der Waals surface area contributed by atoms with Crippen LogP contribution in [0.4, 0.5) is 11.7 Å². The predicted molar refractivity (Wildman–Crippen MR) is 80.1 cm³/mol. The Kier molecular flexibility index (Phi) is 3.06. The lowest BCUT2D eigenvalue weighted by atomic mass is 10.1. The molecule has 0 bridgehead atoms. The van der Waals surface area contributed by atoms with Gasteiger partial charge in [0.15, 0.2) is 0 Å². The van der Waals surface area contributed by atoms with Crippen LogP contribution in [0.5, 0.6) is 0 Å². The van der Waals surface area contributed by atoms with Gasteiger partial charge in [-0.1, -0.05) is 29.4 Å². The molecule has 3 rings (SSSR count). The molecule has 6 heteroatoms. The number of nitrogen functional groups attached to an aromatic ring is 1. The van der Waals surface area contributed by atoms with E-state index in [2.05, 4.69) is 15.5 Å². The normalized spacial score (nSPS) is 10.8. The highest BCUT2D eigenvalue weighted by molar-refractivity contribution is 6.13. The fourth-order valence-corrected chi connectivity index (χ4v) is 2.10. The maximum atomic E-state index is 12.4. The fourth-order valence-electron chi connectivity index (χ4n) is 2.10. The maximum absolute atomic E-state index is 12.4. The van der Waals surface area contributed by atoms with Crippen molar-refractivity contribution in [3.05, 3.63) is 47.3 Å². The molecule has 0 aliphatic rings. The number of anilines is 2. The summed E-state index contributed by atoms with van der Waals surface area (Å²) >= 11 is 0. The Hall–Kier alpha value is -2.89. The quantitative estimate of drug-likeness (QED) is 0.753. The van der Waals surface area contributed by atoms with Gasteiger partial charge in [-0.15, -0.1) is 0 Å². The van der Waals surface area contributed by atoms with Crippen LogP contribution in [-0.4, -0.2) is 16.0 Å². The largest absolute Gasteiger partial charge is 0.383 e. The molecular weight excluding hydrogens is 268 g/mol. The van der Waals surface area contributed by atoms with Gasteiger partial charge < -0.3 is 10.3 Å². The number of rotatable bonds is 2. The van der Waals surface area contributed by atoms with Crippen molar-refractivity contribution < 1.29 is 9.32 Å². The summed E-state index contributed by atoms with van der Waals surface area (Å²) in [5.41, 5.74) is 7.82. The van der Waals surface area contributed by atoms with Crippen LogP contribution in [-0.2, 0) is 0 Å². The van der Waals surface area contributed by atoms with Crippen molar-refractivity contribution >= 4 is 28.4 Å². The zero-order valence-electron chi connectivity index (χ0n) is 11.7. The SMILES string of the molecule is Cc1noc(NC(=O)c2cnc(N)c3ccccc23)c1C. The molecule has 3 N–H and O–H groups in total. The van der Waals surface area contributed by atoms with Crippen LogP contribution in [0.3, 0.4) is 0 Å². The molecule has 21 heavy (non-hydrogen) atoms. The standard InChI is InChI=1S/C15H14N4O2/c1-8-9(2)19-21-15(8)18-14(20)12-7-17-13(16)11-6-4-3-5-10(11)12/h3-7H,1-2H3,(H2,16,17)(H,18,20). The van der Waals surface area contributed by atoms with Crippen LogP contribution in [0.1, 0.15) is 21.6 Å². The number of carbonyl (C=O) groups is 1. The molecule has 106 valence electrons. The van der Waals surface area contributed by atoms with Crippen molar-refractivity contribution in [2.75, 3.05) is 11.1 Å². The summed E-state index contributed by atoms with van der Waals surface area (Å²) in [6.45, 7) is 3.65. The van der Waals surface area contributed by atoms with Gasteiger partial charge in [-0.05, 0) is 19.2 Å². The van der Waals surface area contributed by atoms with E-state index in [1.807, 2.05) is 38.1 Å². The van der Waals surface area contributed by atoms with E-state index in [4.69, 9.17) is 10.3 Å². The number of aromatic nitrogens is 2. The van der Waals surface area contributed by atoms with Gasteiger partial charge in [0.05, 0.1) is 11.3 Å². The molecule has 6 nitrogen and oxygen atoms in total. The minimum Gasteiger partial charge on any atom is -0.383 e. The topological polar surface area (TPSA) is 94.0 Å². The molecule has 3 aromatic rings. The number of nitrogens with two attached hydrogens (primary N) is 1. The lowest BCUT2D eigenvalue weighted by Crippen LogP contribution is -2.13. The fraction of sp³-hybridized carbons (Fsp3) is 0.133. The van der Waals surface area contributed by atoms with Gasteiger partial charge >= 0.3 is 0 Å². The summed E-state index contributed by atoms with van der Waals surface area (Å²) in [4.78, 5) is 16.5. The van der Waals surface area contributed by atoms with E-state index in [0.29, 0.717) is 17.3 Å². The molecule has 0 aliphatic carbocycles. The van der Waals surface area contributed by atoms with E-state index in [1.165, 1.54) is 6.20 Å². The molecule has 1 aromatic carbocycles. The minimum absolute atomic E-state index is 0.307. The van der Waals surface area contributed by atoms with Crippen LogP contribution in [0.2, 0.25) is 0 Å². The van der Waals surface area contributed by atoms with Gasteiger partial charge in [-0.3, -0.25) is 10.1 Å². The average molecular weight is 282 g/mol. The summed E-state index contributed by atoms with van der Waals surface area (Å²) < 4.78 is 5.10. The molecule has 2 aromatic heterocycles. The monoisotopic (exact) mass is 282 g/mol. The summed E-state index contributed by atoms with van der Waals surface area (Å²) in [5.74, 6) is 0.435. The van der Waals surface area contributed by atoms with E-state index in [0.717, 1.165) is 22.0 Å². The number of hydrogen-bond donors (Lipinski definition) is 2. The third-order valence-electron chi connectivity index (χ3n) is 3.45. The van der Waals surface area contributed by atoms with Crippen molar-refractivity contribution in [3.63, 3.8) is 0 Å². The highest BCUT2D eigenvalue weighted by Crippen LogP contribution is 2.24. The van der Waals surface area contributed by atoms with Crippen LogP contribution in [0, 0.1) is 13.8 Å². The van der Waals surface area contributed by atoms with Crippen molar-refractivity contribution in [1.82, 2.24) is 10.1 Å². The zero-order chi connectivity index (χ0) is 15.0. The van der Waals surface area contributed by atoms with Crippen LogP contribution in [0.15, 0.2) is 35.0 Å². The number of pyridine rings is 1. The van der Waals surface area contributed by atoms with Gasteiger partial charge in [-0.25, -0.2) is 4.98 Å². The second kappa shape index (κ2) is 4.90. The third-order valence-corrected chi connectivity index (χ3v) is 3.45. The van der Waals surface area contributed by atoms with Crippen molar-refractivity contribution in [2.45, 2.75) is 13.8 Å². The van der Waals surface area contributed by atoms with E-state index < -0.39 is 0 Å². The van der Waals surface area contributed by atoms with Crippen LogP contribution >= 0.6 is 0 Å². The van der Waals surface area contributed by atoms with E-state index in [9.17, 15) is 4.79 Å². The second-order valence-corrected chi connectivity index (χ2v) is 4.78. The first-order chi connectivity index (χ1) is 10.1. The summed E-state index contributed by atoms with van der Waals surface area (Å²) in [5, 5.41) is 8.02. The van der Waals surface area contributed by atoms with Crippen molar-refractivity contribution in [1.29, 1.82) is 0 Å². The smallest absolute Gasteiger partial charge is 0.260 e. The molecular formula is C15H14N4O2. The zero-order valence-corrected chi connectivity index (χ0v) is 11.7. The van der Waals surface area contributed by atoms with E-state index in [-0.39, 0.29) is 5.91 Å². The molecule has 0 fully saturated rings. The van der Waals surface area contributed by atoms with E-state index in [1.54, 1.807) is 0 Å². The van der Waals surface area contributed by atoms with Crippen molar-refractivity contribution in [2.24, 2.45) is 0 Å². The number of hydrogen-bond acceptors (Lipinski definition) is 5. The molecule has 0 atom stereocenters. The first kappa shape index (κ1) is 13.1. The number of nitrogens with one attached hydrogen (secondary N) is 1. The average Bonchev–Trinajstić information content (AvgIpc) is 2.80. The Balaban J connectivity index is 2.03. The first-order valence-corrected chi connectivity index (χ1v) is 6.45. The third kappa shape index (κ3) is 2.20. The predicted octanol–water partition coefficient (Wildman–Crippen LogP) is 2.67.